The summed E-state index contributed by atoms with van der Waals surface area (Å²) in [5, 5.41) is 9.46. The molecule has 0 bridgehead atoms. The number of nitrogens with zero attached hydrogens (tertiary/aromatic N) is 3. The average Bonchev–Trinajstić information content (AvgIpc) is 2.69. The molecule has 0 fully saturated rings. The highest BCUT2D eigenvalue weighted by molar-refractivity contribution is 5.01. The molecular weight excluding hydrogens is 290 g/mol. The summed E-state index contributed by atoms with van der Waals surface area (Å²) < 4.78 is 75.2. The van der Waals surface area contributed by atoms with Crippen LogP contribution in [0.1, 0.15) is 18.1 Å². The lowest BCUT2D eigenvalue weighted by Crippen LogP contribution is -2.34. The molecule has 2 rings (SSSR count). The zero-order valence-corrected chi connectivity index (χ0v) is 10.2. The van der Waals surface area contributed by atoms with Gasteiger partial charge in [-0.1, -0.05) is 0 Å². The summed E-state index contributed by atoms with van der Waals surface area (Å²) in [7, 11) is 0. The molecule has 1 atom stereocenters. The lowest BCUT2D eigenvalue weighted by atomic mass is 9.99. The van der Waals surface area contributed by atoms with Gasteiger partial charge in [0.2, 0.25) is 0 Å². The number of aromatic nitrogens is 3. The molecule has 1 unspecified atom stereocenters. The van der Waals surface area contributed by atoms with Gasteiger partial charge in [0.25, 0.3) is 0 Å². The molecule has 114 valence electrons. The zero-order chi connectivity index (χ0) is 15.0. The van der Waals surface area contributed by atoms with E-state index in [1.54, 1.807) is 0 Å². The monoisotopic (exact) mass is 302 g/mol. The van der Waals surface area contributed by atoms with E-state index >= 15 is 0 Å². The van der Waals surface area contributed by atoms with Crippen molar-refractivity contribution in [3.05, 3.63) is 11.6 Å². The highest BCUT2D eigenvalue weighted by Crippen LogP contribution is 2.34. The summed E-state index contributed by atoms with van der Waals surface area (Å²) in [5.41, 5.74) is 0. The van der Waals surface area contributed by atoms with Crippen LogP contribution in [0, 0.1) is 5.92 Å². The third-order valence-electron chi connectivity index (χ3n) is 3.09. The molecule has 1 aromatic rings. The molecule has 0 amide bonds. The molecule has 0 saturated carbocycles. The van der Waals surface area contributed by atoms with Crippen LogP contribution in [-0.4, -0.2) is 33.7 Å². The second-order valence-corrected chi connectivity index (χ2v) is 4.64. The molecule has 1 N–H and O–H groups in total. The number of halogens is 6. The Morgan fingerprint density at radius 2 is 1.85 bits per heavy atom. The molecule has 0 aliphatic carbocycles. The predicted molar refractivity (Wildman–Crippen MR) is 55.6 cm³/mol. The lowest BCUT2D eigenvalue weighted by Gasteiger charge is -2.26. The van der Waals surface area contributed by atoms with Gasteiger partial charge in [-0.3, -0.25) is 0 Å². The molecular formula is C10H12F6N4. The van der Waals surface area contributed by atoms with Gasteiger partial charge in [-0.25, -0.2) is 0 Å². The first-order valence-corrected chi connectivity index (χ1v) is 5.92. The predicted octanol–water partition coefficient (Wildman–Crippen LogP) is 2.05. The van der Waals surface area contributed by atoms with E-state index in [1.807, 2.05) is 0 Å². The first-order valence-electron chi connectivity index (χ1n) is 5.92. The Hall–Kier alpha value is -1.32. The van der Waals surface area contributed by atoms with Crippen LogP contribution >= 0.6 is 0 Å². The normalized spacial score (nSPS) is 20.0. The van der Waals surface area contributed by atoms with Gasteiger partial charge < -0.3 is 9.88 Å². The van der Waals surface area contributed by atoms with E-state index in [4.69, 9.17) is 0 Å². The number of hydrogen-bond acceptors (Lipinski definition) is 3. The molecule has 0 radical (unpaired) electrons. The molecule has 1 aliphatic rings. The fraction of sp³-hybridized carbons (Fsp3) is 0.800. The molecule has 1 aliphatic heterocycles. The van der Waals surface area contributed by atoms with Crippen molar-refractivity contribution in [1.29, 1.82) is 0 Å². The van der Waals surface area contributed by atoms with E-state index in [1.165, 1.54) is 4.57 Å². The van der Waals surface area contributed by atoms with Crippen LogP contribution in [0.5, 0.6) is 0 Å². The van der Waals surface area contributed by atoms with Crippen LogP contribution in [-0.2, 0) is 19.5 Å². The van der Waals surface area contributed by atoms with Crippen LogP contribution < -0.4 is 5.32 Å². The summed E-state index contributed by atoms with van der Waals surface area (Å²) in [6.45, 7) is -1.83. The number of alkyl halides is 6. The van der Waals surface area contributed by atoms with E-state index in [9.17, 15) is 26.3 Å². The molecule has 10 heteroatoms. The van der Waals surface area contributed by atoms with E-state index in [2.05, 4.69) is 15.5 Å². The largest absolute Gasteiger partial charge is 0.401 e. The van der Waals surface area contributed by atoms with Gasteiger partial charge in [0.15, 0.2) is 0 Å². The third kappa shape index (κ3) is 3.62. The Morgan fingerprint density at radius 1 is 1.15 bits per heavy atom. The zero-order valence-electron chi connectivity index (χ0n) is 10.2. The van der Waals surface area contributed by atoms with Gasteiger partial charge >= 0.3 is 12.4 Å². The molecule has 0 aromatic carbocycles. The summed E-state index contributed by atoms with van der Waals surface area (Å²) in [4.78, 5) is 0. The molecule has 1 aromatic heterocycles. The fourth-order valence-electron chi connectivity index (χ4n) is 2.10. The maximum absolute atomic E-state index is 12.7. The van der Waals surface area contributed by atoms with Crippen LogP contribution in [0.15, 0.2) is 0 Å². The van der Waals surface area contributed by atoms with Crippen molar-refractivity contribution in [1.82, 2.24) is 20.1 Å². The minimum absolute atomic E-state index is 0.0718. The van der Waals surface area contributed by atoms with Gasteiger partial charge in [0.1, 0.15) is 11.6 Å². The Balaban J connectivity index is 2.02. The summed E-state index contributed by atoms with van der Waals surface area (Å²) in [6, 6.07) is 0. The van der Waals surface area contributed by atoms with E-state index in [0.29, 0.717) is 5.82 Å². The highest BCUT2D eigenvalue weighted by Gasteiger charge is 2.42. The number of nitrogens with one attached hydrogen (secondary N) is 1. The maximum atomic E-state index is 12.7. The molecule has 20 heavy (non-hydrogen) atoms. The highest BCUT2D eigenvalue weighted by atomic mass is 19.4. The van der Waals surface area contributed by atoms with Crippen LogP contribution in [0.3, 0.4) is 0 Å². The van der Waals surface area contributed by atoms with Gasteiger partial charge in [-0.2, -0.15) is 26.3 Å². The minimum atomic E-state index is -4.38. The van der Waals surface area contributed by atoms with Crippen LogP contribution in [0.25, 0.3) is 0 Å². The summed E-state index contributed by atoms with van der Waals surface area (Å²) >= 11 is 0. The summed E-state index contributed by atoms with van der Waals surface area (Å²) in [6.07, 6.45) is -8.65. The van der Waals surface area contributed by atoms with Crippen molar-refractivity contribution >= 4 is 0 Å². The number of fused-ring (bicyclic) bond motifs is 1. The Morgan fingerprint density at radius 3 is 2.45 bits per heavy atom. The van der Waals surface area contributed by atoms with Crippen molar-refractivity contribution in [3.8, 4) is 0 Å². The Bertz CT molecular complexity index is 463. The molecule has 2 heterocycles. The van der Waals surface area contributed by atoms with Crippen LogP contribution in [0.4, 0.5) is 26.3 Å². The smallest absolute Gasteiger partial charge is 0.313 e. The van der Waals surface area contributed by atoms with Crippen molar-refractivity contribution < 1.29 is 26.3 Å². The van der Waals surface area contributed by atoms with Gasteiger partial charge in [0.05, 0.1) is 19.0 Å². The van der Waals surface area contributed by atoms with Crippen LogP contribution in [0.2, 0.25) is 0 Å². The topological polar surface area (TPSA) is 42.7 Å². The minimum Gasteiger partial charge on any atom is -0.313 e. The number of rotatable bonds is 3. The molecule has 0 saturated heterocycles. The standard InChI is InChI=1S/C10H12F6N4/c11-9(12,13)5-17-3-8-19-18-7-2-1-6(4-20(7)8)10(14,15)16/h6,17H,1-5H2. The van der Waals surface area contributed by atoms with E-state index < -0.39 is 24.8 Å². The van der Waals surface area contributed by atoms with Gasteiger partial charge in [-0.05, 0) is 6.42 Å². The van der Waals surface area contributed by atoms with E-state index in [-0.39, 0.29) is 31.8 Å². The number of hydrogen-bond donors (Lipinski definition) is 1. The SMILES string of the molecule is FC(F)(F)CNCc1nnc2n1CC(C(F)(F)F)CC2. The lowest BCUT2D eigenvalue weighted by molar-refractivity contribution is -0.182. The van der Waals surface area contributed by atoms with Crippen molar-refractivity contribution in [2.24, 2.45) is 5.92 Å². The van der Waals surface area contributed by atoms with Crippen molar-refractivity contribution in [2.75, 3.05) is 6.54 Å². The molecule has 0 spiro atoms. The first kappa shape index (κ1) is 15.1. The molecule has 4 nitrogen and oxygen atoms in total. The van der Waals surface area contributed by atoms with Crippen molar-refractivity contribution in [3.63, 3.8) is 0 Å². The Kier molecular flexibility index (Phi) is 3.94. The summed E-state index contributed by atoms with van der Waals surface area (Å²) in [5.74, 6) is -1.03. The Labute approximate surface area is 110 Å². The van der Waals surface area contributed by atoms with Crippen molar-refractivity contribution in [2.45, 2.75) is 38.3 Å². The second kappa shape index (κ2) is 5.23. The number of aryl methyl sites for hydroxylation is 1. The maximum Gasteiger partial charge on any atom is 0.401 e. The third-order valence-corrected chi connectivity index (χ3v) is 3.09. The van der Waals surface area contributed by atoms with E-state index in [0.717, 1.165) is 0 Å². The first-order chi connectivity index (χ1) is 9.17. The van der Waals surface area contributed by atoms with Gasteiger partial charge in [-0.15, -0.1) is 10.2 Å². The second-order valence-electron chi connectivity index (χ2n) is 4.64. The fourth-order valence-corrected chi connectivity index (χ4v) is 2.10. The van der Waals surface area contributed by atoms with Gasteiger partial charge in [0, 0.05) is 13.0 Å². The quantitative estimate of drug-likeness (QED) is 0.869. The average molecular weight is 302 g/mol.